The van der Waals surface area contributed by atoms with Crippen LogP contribution in [0.25, 0.3) is 0 Å². The SMILES string of the molecule is CS(=O)(=O)NC1CCCN(C(=O)C2=NN(Cc3ccc(F)cc3)C(=O)CC2)C1. The van der Waals surface area contributed by atoms with Gasteiger partial charge in [-0.3, -0.25) is 9.59 Å². The van der Waals surface area contributed by atoms with E-state index in [-0.39, 0.29) is 55.3 Å². The Balaban J connectivity index is 1.69. The molecule has 28 heavy (non-hydrogen) atoms. The van der Waals surface area contributed by atoms with Crippen LogP contribution in [0.1, 0.15) is 31.2 Å². The molecule has 0 aliphatic carbocycles. The van der Waals surface area contributed by atoms with E-state index >= 15 is 0 Å². The van der Waals surface area contributed by atoms with Crippen molar-refractivity contribution in [1.29, 1.82) is 0 Å². The highest BCUT2D eigenvalue weighted by Crippen LogP contribution is 2.17. The van der Waals surface area contributed by atoms with Gasteiger partial charge in [0.2, 0.25) is 15.9 Å². The van der Waals surface area contributed by atoms with E-state index in [1.807, 2.05) is 0 Å². The van der Waals surface area contributed by atoms with Gasteiger partial charge in [-0.25, -0.2) is 22.5 Å². The number of sulfonamides is 1. The standard InChI is InChI=1S/C18H23FN4O4S/c1-28(26,27)21-15-3-2-10-22(12-15)18(25)16-8-9-17(24)23(20-16)11-13-4-6-14(19)7-5-13/h4-7,15,21H,2-3,8-12H2,1H3. The number of amides is 2. The summed E-state index contributed by atoms with van der Waals surface area (Å²) in [6, 6.07) is 5.43. The Kier molecular flexibility index (Phi) is 6.09. The van der Waals surface area contributed by atoms with Gasteiger partial charge in [0.05, 0.1) is 12.8 Å². The number of hydrogen-bond donors (Lipinski definition) is 1. The van der Waals surface area contributed by atoms with Gasteiger partial charge in [-0.2, -0.15) is 5.10 Å². The van der Waals surface area contributed by atoms with Gasteiger partial charge in [-0.15, -0.1) is 0 Å². The minimum Gasteiger partial charge on any atom is -0.336 e. The Morgan fingerprint density at radius 2 is 2.00 bits per heavy atom. The molecule has 8 nitrogen and oxygen atoms in total. The number of nitrogens with one attached hydrogen (secondary N) is 1. The molecule has 0 spiro atoms. The van der Waals surface area contributed by atoms with Gasteiger partial charge >= 0.3 is 0 Å². The van der Waals surface area contributed by atoms with E-state index in [0.29, 0.717) is 24.9 Å². The maximum atomic E-state index is 13.0. The van der Waals surface area contributed by atoms with Crippen LogP contribution in [0.15, 0.2) is 29.4 Å². The zero-order valence-electron chi connectivity index (χ0n) is 15.6. The third-order valence-corrected chi connectivity index (χ3v) is 5.45. The van der Waals surface area contributed by atoms with Gasteiger partial charge in [0, 0.05) is 32.0 Å². The number of nitrogens with zero attached hydrogens (tertiary/aromatic N) is 3. The van der Waals surface area contributed by atoms with Gasteiger partial charge in [0.1, 0.15) is 11.5 Å². The van der Waals surface area contributed by atoms with Crippen LogP contribution in [-0.4, -0.2) is 61.2 Å². The van der Waals surface area contributed by atoms with Crippen LogP contribution in [0.2, 0.25) is 0 Å². The second kappa shape index (κ2) is 8.36. The lowest BCUT2D eigenvalue weighted by Gasteiger charge is -2.34. The fourth-order valence-corrected chi connectivity index (χ4v) is 4.18. The monoisotopic (exact) mass is 410 g/mol. The number of hydrogen-bond acceptors (Lipinski definition) is 5. The minimum absolute atomic E-state index is 0.161. The van der Waals surface area contributed by atoms with E-state index < -0.39 is 10.0 Å². The number of benzene rings is 1. The first kappa shape index (κ1) is 20.4. The highest BCUT2D eigenvalue weighted by atomic mass is 32.2. The number of likely N-dealkylation sites (tertiary alicyclic amines) is 1. The molecule has 152 valence electrons. The Morgan fingerprint density at radius 1 is 1.29 bits per heavy atom. The van der Waals surface area contributed by atoms with Gasteiger partial charge < -0.3 is 4.90 Å². The van der Waals surface area contributed by atoms with Crippen molar-refractivity contribution in [3.05, 3.63) is 35.6 Å². The zero-order valence-corrected chi connectivity index (χ0v) is 16.4. The van der Waals surface area contributed by atoms with E-state index in [2.05, 4.69) is 9.82 Å². The predicted molar refractivity (Wildman–Crippen MR) is 101 cm³/mol. The summed E-state index contributed by atoms with van der Waals surface area (Å²) in [4.78, 5) is 26.6. The fraction of sp³-hybridized carbons (Fsp3) is 0.500. The summed E-state index contributed by atoms with van der Waals surface area (Å²) >= 11 is 0. The zero-order chi connectivity index (χ0) is 20.3. The van der Waals surface area contributed by atoms with Gasteiger partial charge in [-0.1, -0.05) is 12.1 Å². The Morgan fingerprint density at radius 3 is 2.68 bits per heavy atom. The minimum atomic E-state index is -3.35. The summed E-state index contributed by atoms with van der Waals surface area (Å²) in [6.45, 7) is 0.955. The largest absolute Gasteiger partial charge is 0.336 e. The summed E-state index contributed by atoms with van der Waals surface area (Å²) in [5, 5.41) is 5.47. The first-order valence-electron chi connectivity index (χ1n) is 9.10. The van der Waals surface area contributed by atoms with Crippen molar-refractivity contribution in [3.63, 3.8) is 0 Å². The van der Waals surface area contributed by atoms with Gasteiger partial charge in [0.15, 0.2) is 0 Å². The molecule has 0 bridgehead atoms. The average Bonchev–Trinajstić information content (AvgIpc) is 2.63. The third-order valence-electron chi connectivity index (χ3n) is 4.69. The summed E-state index contributed by atoms with van der Waals surface area (Å²) in [5.41, 5.74) is 0.990. The van der Waals surface area contributed by atoms with E-state index in [0.717, 1.165) is 6.26 Å². The fourth-order valence-electron chi connectivity index (χ4n) is 3.38. The number of hydrazone groups is 1. The molecular weight excluding hydrogens is 387 g/mol. The van der Waals surface area contributed by atoms with E-state index in [1.165, 1.54) is 17.1 Å². The van der Waals surface area contributed by atoms with Crippen LogP contribution in [0.3, 0.4) is 0 Å². The molecule has 0 radical (unpaired) electrons. The first-order valence-corrected chi connectivity index (χ1v) is 11.0. The lowest BCUT2D eigenvalue weighted by Crippen LogP contribution is -2.51. The van der Waals surface area contributed by atoms with Crippen LogP contribution in [0.5, 0.6) is 0 Å². The molecule has 1 aromatic rings. The molecule has 2 aliphatic rings. The lowest BCUT2D eigenvalue weighted by atomic mass is 10.0. The topological polar surface area (TPSA) is 99.2 Å². The van der Waals surface area contributed by atoms with Crippen LogP contribution in [0, 0.1) is 5.82 Å². The van der Waals surface area contributed by atoms with E-state index in [4.69, 9.17) is 0 Å². The van der Waals surface area contributed by atoms with E-state index in [1.54, 1.807) is 17.0 Å². The Labute approximate surface area is 163 Å². The van der Waals surface area contributed by atoms with Crippen LogP contribution in [0.4, 0.5) is 4.39 Å². The van der Waals surface area contributed by atoms with Crippen molar-refractivity contribution >= 4 is 27.5 Å². The van der Waals surface area contributed by atoms with Gasteiger partial charge in [0.25, 0.3) is 5.91 Å². The van der Waals surface area contributed by atoms with Crippen LogP contribution < -0.4 is 4.72 Å². The maximum Gasteiger partial charge on any atom is 0.270 e. The molecule has 1 atom stereocenters. The second-order valence-corrected chi connectivity index (χ2v) is 8.88. The average molecular weight is 410 g/mol. The van der Waals surface area contributed by atoms with Crippen molar-refractivity contribution in [2.45, 2.75) is 38.3 Å². The van der Waals surface area contributed by atoms with Crippen molar-refractivity contribution in [2.24, 2.45) is 5.10 Å². The summed E-state index contributed by atoms with van der Waals surface area (Å²) in [5.74, 6) is -0.844. The van der Waals surface area contributed by atoms with Crippen molar-refractivity contribution in [2.75, 3.05) is 19.3 Å². The van der Waals surface area contributed by atoms with E-state index in [9.17, 15) is 22.4 Å². The summed E-state index contributed by atoms with van der Waals surface area (Å²) in [7, 11) is -3.35. The number of carbonyl (C=O) groups excluding carboxylic acids is 2. The molecular formula is C18H23FN4O4S. The molecule has 0 aromatic heterocycles. The quantitative estimate of drug-likeness (QED) is 0.778. The summed E-state index contributed by atoms with van der Waals surface area (Å²) < 4.78 is 38.5. The molecule has 10 heteroatoms. The molecule has 1 unspecified atom stereocenters. The number of carbonyl (C=O) groups is 2. The molecule has 2 aliphatic heterocycles. The molecule has 1 fully saturated rings. The predicted octanol–water partition coefficient (Wildman–Crippen LogP) is 0.844. The van der Waals surface area contributed by atoms with Crippen molar-refractivity contribution in [1.82, 2.24) is 14.6 Å². The third kappa shape index (κ3) is 5.35. The molecule has 3 rings (SSSR count). The molecule has 1 aromatic carbocycles. The van der Waals surface area contributed by atoms with Crippen LogP contribution >= 0.6 is 0 Å². The highest BCUT2D eigenvalue weighted by molar-refractivity contribution is 7.88. The number of halogens is 1. The first-order chi connectivity index (χ1) is 13.2. The maximum absolute atomic E-state index is 13.0. The smallest absolute Gasteiger partial charge is 0.270 e. The summed E-state index contributed by atoms with van der Waals surface area (Å²) in [6.07, 6.45) is 2.86. The Bertz CT molecular complexity index is 885. The molecule has 2 heterocycles. The Hall–Kier alpha value is -2.33. The lowest BCUT2D eigenvalue weighted by molar-refractivity contribution is -0.132. The molecule has 0 saturated carbocycles. The van der Waals surface area contributed by atoms with Crippen LogP contribution in [-0.2, 0) is 26.2 Å². The molecule has 2 amide bonds. The van der Waals surface area contributed by atoms with Crippen molar-refractivity contribution < 1.29 is 22.4 Å². The van der Waals surface area contributed by atoms with Crippen molar-refractivity contribution in [3.8, 4) is 0 Å². The highest BCUT2D eigenvalue weighted by Gasteiger charge is 2.31. The molecule has 1 saturated heterocycles. The second-order valence-electron chi connectivity index (χ2n) is 7.10. The molecule has 1 N–H and O–H groups in total. The number of piperidine rings is 1. The normalized spacial score (nSPS) is 20.9. The van der Waals surface area contributed by atoms with Gasteiger partial charge in [-0.05, 0) is 30.5 Å². The number of rotatable bonds is 5.